The van der Waals surface area contributed by atoms with E-state index in [1.54, 1.807) is 72.8 Å². The van der Waals surface area contributed by atoms with Crippen LogP contribution in [0.3, 0.4) is 0 Å². The van der Waals surface area contributed by atoms with Crippen LogP contribution in [-0.2, 0) is 4.79 Å². The number of carboxylic acids is 1. The van der Waals surface area contributed by atoms with Gasteiger partial charge in [0.1, 0.15) is 5.54 Å². The van der Waals surface area contributed by atoms with Crippen LogP contribution in [0.5, 0.6) is 11.5 Å². The molecule has 0 aromatic heterocycles. The number of hydrogen-bond acceptors (Lipinski definition) is 7. The number of methoxy groups -OCH3 is 2. The van der Waals surface area contributed by atoms with E-state index in [1.165, 1.54) is 50.3 Å². The first kappa shape index (κ1) is 30.5. The standard InChI is InChI=1S/C36H29N3O6/c1-36(35(42)43)31(27-17-18-28(44-2)29(19-27)45-3)30(33(40)25-15-11-23(21-38)12-16-25)32(24-13-9-22(20-37)10-14-24)39(36)34(41)26-7-5-4-6-8-26/h4-19,30-32H,1-3H3,(H,42,43). The maximum Gasteiger partial charge on any atom is 0.330 e. The first-order valence-electron chi connectivity index (χ1n) is 14.1. The molecular weight excluding hydrogens is 570 g/mol. The molecule has 0 radical (unpaired) electrons. The van der Waals surface area contributed by atoms with Gasteiger partial charge in [0.15, 0.2) is 17.3 Å². The lowest BCUT2D eigenvalue weighted by Gasteiger charge is -2.38. The predicted molar refractivity (Wildman–Crippen MR) is 164 cm³/mol. The highest BCUT2D eigenvalue weighted by Gasteiger charge is 2.65. The van der Waals surface area contributed by atoms with Crippen molar-refractivity contribution >= 4 is 17.7 Å². The smallest absolute Gasteiger partial charge is 0.330 e. The number of ketones is 1. The van der Waals surface area contributed by atoms with E-state index >= 15 is 0 Å². The summed E-state index contributed by atoms with van der Waals surface area (Å²) in [6.07, 6.45) is 0. The second-order valence-electron chi connectivity index (χ2n) is 10.8. The predicted octanol–water partition coefficient (Wildman–Crippen LogP) is 5.77. The summed E-state index contributed by atoms with van der Waals surface area (Å²) >= 11 is 0. The molecule has 0 spiro atoms. The van der Waals surface area contributed by atoms with Gasteiger partial charge in [-0.25, -0.2) is 4.79 Å². The number of nitrogens with zero attached hydrogens (tertiary/aromatic N) is 3. The van der Waals surface area contributed by atoms with Crippen molar-refractivity contribution in [2.75, 3.05) is 14.2 Å². The summed E-state index contributed by atoms with van der Waals surface area (Å²) < 4.78 is 11.0. The molecule has 224 valence electrons. The highest BCUT2D eigenvalue weighted by Crippen LogP contribution is 2.57. The van der Waals surface area contributed by atoms with E-state index in [2.05, 4.69) is 6.07 Å². The molecule has 9 nitrogen and oxygen atoms in total. The molecule has 1 heterocycles. The molecule has 0 saturated carbocycles. The van der Waals surface area contributed by atoms with Crippen LogP contribution in [0.1, 0.15) is 61.9 Å². The number of ether oxygens (including phenoxy) is 2. The summed E-state index contributed by atoms with van der Waals surface area (Å²) in [5, 5.41) is 29.8. The lowest BCUT2D eigenvalue weighted by Crippen LogP contribution is -2.54. The number of carboxylic acid groups (broad SMARTS) is 1. The van der Waals surface area contributed by atoms with E-state index in [4.69, 9.17) is 9.47 Å². The van der Waals surface area contributed by atoms with Gasteiger partial charge in [-0.05, 0) is 66.6 Å². The fraction of sp³-hybridized carbons (Fsp3) is 0.194. The number of hydrogen-bond donors (Lipinski definition) is 1. The number of benzene rings is 4. The van der Waals surface area contributed by atoms with Gasteiger partial charge in [-0.2, -0.15) is 10.5 Å². The zero-order valence-corrected chi connectivity index (χ0v) is 24.8. The minimum absolute atomic E-state index is 0.251. The van der Waals surface area contributed by atoms with E-state index in [1.807, 2.05) is 6.07 Å². The number of likely N-dealkylation sites (tertiary alicyclic amines) is 1. The van der Waals surface area contributed by atoms with Crippen molar-refractivity contribution in [3.05, 3.63) is 130 Å². The minimum atomic E-state index is -1.95. The zero-order valence-electron chi connectivity index (χ0n) is 24.8. The lowest BCUT2D eigenvalue weighted by molar-refractivity contribution is -0.148. The molecule has 0 bridgehead atoms. The quantitative estimate of drug-likeness (QED) is 0.252. The molecule has 5 rings (SSSR count). The maximum absolute atomic E-state index is 14.7. The number of amides is 1. The molecule has 1 saturated heterocycles. The second kappa shape index (κ2) is 12.4. The number of carbonyl (C=O) groups excluding carboxylic acids is 2. The molecule has 1 N–H and O–H groups in total. The third-order valence-corrected chi connectivity index (χ3v) is 8.51. The van der Waals surface area contributed by atoms with Gasteiger partial charge in [0.25, 0.3) is 5.91 Å². The Morgan fingerprint density at radius 2 is 1.31 bits per heavy atom. The van der Waals surface area contributed by atoms with Crippen molar-refractivity contribution in [3.63, 3.8) is 0 Å². The van der Waals surface area contributed by atoms with Gasteiger partial charge < -0.3 is 19.5 Å². The van der Waals surface area contributed by atoms with Crippen LogP contribution >= 0.6 is 0 Å². The number of carbonyl (C=O) groups is 3. The molecule has 1 aliphatic rings. The van der Waals surface area contributed by atoms with Crippen molar-refractivity contribution < 1.29 is 29.0 Å². The number of Topliss-reactive ketones (excluding diaryl/α,β-unsaturated/α-hetero) is 1. The monoisotopic (exact) mass is 599 g/mol. The normalized spacial score (nSPS) is 20.5. The van der Waals surface area contributed by atoms with Gasteiger partial charge >= 0.3 is 5.97 Å². The molecule has 9 heteroatoms. The van der Waals surface area contributed by atoms with Crippen LogP contribution in [0.4, 0.5) is 0 Å². The van der Waals surface area contributed by atoms with Crippen LogP contribution in [0.25, 0.3) is 0 Å². The van der Waals surface area contributed by atoms with Gasteiger partial charge in [0.2, 0.25) is 0 Å². The topological polar surface area (TPSA) is 141 Å². The third kappa shape index (κ3) is 5.26. The van der Waals surface area contributed by atoms with E-state index in [9.17, 15) is 30.0 Å². The van der Waals surface area contributed by atoms with Crippen LogP contribution in [0.2, 0.25) is 0 Å². The summed E-state index contributed by atoms with van der Waals surface area (Å²) in [6, 6.07) is 28.9. The van der Waals surface area contributed by atoms with Crippen LogP contribution < -0.4 is 9.47 Å². The van der Waals surface area contributed by atoms with Crippen molar-refractivity contribution in [1.29, 1.82) is 10.5 Å². The Hall–Kier alpha value is -5.93. The largest absolute Gasteiger partial charge is 0.493 e. The summed E-state index contributed by atoms with van der Waals surface area (Å²) in [4.78, 5) is 44.0. The Bertz CT molecular complexity index is 1840. The molecule has 1 aliphatic heterocycles. The van der Waals surface area contributed by atoms with Gasteiger partial charge in [-0.15, -0.1) is 0 Å². The van der Waals surface area contributed by atoms with Gasteiger partial charge in [0.05, 0.1) is 49.4 Å². The lowest BCUT2D eigenvalue weighted by atomic mass is 9.71. The molecule has 4 aromatic rings. The Balaban J connectivity index is 1.84. The average Bonchev–Trinajstić information content (AvgIpc) is 3.37. The van der Waals surface area contributed by atoms with E-state index in [0.717, 1.165) is 0 Å². The number of nitriles is 2. The van der Waals surface area contributed by atoms with Crippen LogP contribution in [-0.4, -0.2) is 47.4 Å². The van der Waals surface area contributed by atoms with E-state index in [-0.39, 0.29) is 11.1 Å². The number of aliphatic carboxylic acids is 1. The molecule has 1 fully saturated rings. The van der Waals surface area contributed by atoms with Crippen molar-refractivity contribution in [2.45, 2.75) is 24.4 Å². The molecule has 4 aromatic carbocycles. The zero-order chi connectivity index (χ0) is 32.3. The molecule has 4 atom stereocenters. The summed E-state index contributed by atoms with van der Waals surface area (Å²) in [5.74, 6) is -3.74. The fourth-order valence-electron chi connectivity index (χ4n) is 6.31. The second-order valence-corrected chi connectivity index (χ2v) is 10.8. The summed E-state index contributed by atoms with van der Waals surface area (Å²) in [6.45, 7) is 1.46. The average molecular weight is 600 g/mol. The highest BCUT2D eigenvalue weighted by molar-refractivity contribution is 6.04. The molecule has 1 amide bonds. The molecule has 4 unspecified atom stereocenters. The summed E-state index contributed by atoms with van der Waals surface area (Å²) in [7, 11) is 2.93. The number of rotatable bonds is 8. The van der Waals surface area contributed by atoms with Crippen molar-refractivity contribution in [2.24, 2.45) is 5.92 Å². The highest BCUT2D eigenvalue weighted by atomic mass is 16.5. The third-order valence-electron chi connectivity index (χ3n) is 8.51. The fourth-order valence-corrected chi connectivity index (χ4v) is 6.31. The maximum atomic E-state index is 14.7. The van der Waals surface area contributed by atoms with Gasteiger partial charge in [-0.1, -0.05) is 48.5 Å². The molecule has 45 heavy (non-hydrogen) atoms. The minimum Gasteiger partial charge on any atom is -0.493 e. The Morgan fingerprint density at radius 3 is 1.84 bits per heavy atom. The summed E-state index contributed by atoms with van der Waals surface area (Å²) in [5.41, 5.74) is 0.218. The Morgan fingerprint density at radius 1 is 0.756 bits per heavy atom. The first-order valence-corrected chi connectivity index (χ1v) is 14.1. The van der Waals surface area contributed by atoms with E-state index < -0.39 is 41.1 Å². The van der Waals surface area contributed by atoms with Crippen molar-refractivity contribution in [3.8, 4) is 23.6 Å². The Kier molecular flexibility index (Phi) is 8.38. The molecular formula is C36H29N3O6. The SMILES string of the molecule is COc1ccc(C2C(C(=O)c3ccc(C#N)cc3)C(c3ccc(C#N)cc3)N(C(=O)c3ccccc3)C2(C)C(=O)O)cc1OC. The van der Waals surface area contributed by atoms with E-state index in [0.29, 0.717) is 33.8 Å². The van der Waals surface area contributed by atoms with Crippen LogP contribution in [0, 0.1) is 28.6 Å². The first-order chi connectivity index (χ1) is 21.7. The van der Waals surface area contributed by atoms with Gasteiger partial charge in [0, 0.05) is 17.0 Å². The van der Waals surface area contributed by atoms with Gasteiger partial charge in [-0.3, -0.25) is 9.59 Å². The van der Waals surface area contributed by atoms with Crippen molar-refractivity contribution in [1.82, 2.24) is 4.90 Å². The molecule has 0 aliphatic carbocycles. The Labute approximate surface area is 260 Å². The van der Waals surface area contributed by atoms with Crippen LogP contribution in [0.15, 0.2) is 97.1 Å².